The van der Waals surface area contributed by atoms with Gasteiger partial charge in [0.1, 0.15) is 31.3 Å². The number of nitrogens with zero attached hydrogens (tertiary/aromatic N) is 1. The highest BCUT2D eigenvalue weighted by Crippen LogP contribution is 2.38. The third-order valence-corrected chi connectivity index (χ3v) is 11.7. The van der Waals surface area contributed by atoms with Crippen molar-refractivity contribution in [3.05, 3.63) is 71.3 Å². The smallest absolute Gasteiger partial charge is 0.306 e. The molecule has 1 unspecified atom stereocenters. The molecule has 0 aromatic carbocycles. The van der Waals surface area contributed by atoms with Crippen molar-refractivity contribution >= 4 is 19.8 Å². The van der Waals surface area contributed by atoms with Gasteiger partial charge in [0.05, 0.1) is 40.0 Å². The molecule has 0 radical (unpaired) electrons. The van der Waals surface area contributed by atoms with Crippen molar-refractivity contribution in [2.24, 2.45) is 0 Å². The van der Waals surface area contributed by atoms with Crippen LogP contribution in [0.3, 0.4) is 0 Å². The van der Waals surface area contributed by atoms with Gasteiger partial charge in [0.2, 0.25) is 0 Å². The van der Waals surface area contributed by atoms with Crippen molar-refractivity contribution in [3.8, 4) is 0 Å². The number of aliphatic hydroxyl groups is 2. The lowest BCUT2D eigenvalue weighted by molar-refractivity contribution is -0.870. The first kappa shape index (κ1) is 58.2. The Labute approximate surface area is 381 Å². The molecular formula is C50H86NO11P. The lowest BCUT2D eigenvalue weighted by Gasteiger charge is -2.28. The number of phosphoric acid groups is 1. The quantitative estimate of drug-likeness (QED) is 0.0212. The minimum atomic E-state index is -4.70. The maximum absolute atomic E-state index is 12.8. The van der Waals surface area contributed by atoms with Crippen LogP contribution in [0, 0.1) is 13.8 Å². The molecule has 362 valence electrons. The summed E-state index contributed by atoms with van der Waals surface area (Å²) in [6.45, 7) is 8.14. The molecule has 1 aromatic rings. The van der Waals surface area contributed by atoms with E-state index in [0.717, 1.165) is 95.0 Å². The molecule has 0 amide bonds. The Bertz CT molecular complexity index is 1530. The van der Waals surface area contributed by atoms with Crippen molar-refractivity contribution < 1.29 is 56.7 Å². The number of quaternary nitrogens is 1. The largest absolute Gasteiger partial charge is 0.756 e. The zero-order chi connectivity index (χ0) is 46.8. The summed E-state index contributed by atoms with van der Waals surface area (Å²) in [5.74, 6) is 1.21. The van der Waals surface area contributed by atoms with Crippen LogP contribution in [-0.4, -0.2) is 92.5 Å². The summed E-state index contributed by atoms with van der Waals surface area (Å²) in [5.41, 5.74) is 2.62. The van der Waals surface area contributed by atoms with Crippen molar-refractivity contribution in [1.29, 1.82) is 0 Å². The maximum Gasteiger partial charge on any atom is 0.306 e. The average molecular weight is 908 g/mol. The number of rotatable bonds is 39. The lowest BCUT2D eigenvalue weighted by atomic mass is 10.0. The van der Waals surface area contributed by atoms with Crippen molar-refractivity contribution in [2.45, 2.75) is 187 Å². The molecule has 0 aliphatic carbocycles. The van der Waals surface area contributed by atoms with Gasteiger partial charge in [-0.15, -0.1) is 0 Å². The molecular weight excluding hydrogens is 822 g/mol. The number of aryl methyl sites for hydroxylation is 2. The molecule has 0 bridgehead atoms. The van der Waals surface area contributed by atoms with E-state index in [9.17, 15) is 29.3 Å². The number of hydrogen-bond donors (Lipinski definition) is 2. The van der Waals surface area contributed by atoms with Gasteiger partial charge in [-0.25, -0.2) is 0 Å². The monoisotopic (exact) mass is 908 g/mol. The highest BCUT2D eigenvalue weighted by atomic mass is 31.2. The molecule has 1 rings (SSSR count). The first-order chi connectivity index (χ1) is 30.1. The Hall–Kier alpha value is -2.83. The van der Waals surface area contributed by atoms with Crippen LogP contribution in [0.25, 0.3) is 0 Å². The van der Waals surface area contributed by atoms with E-state index in [0.29, 0.717) is 36.7 Å². The van der Waals surface area contributed by atoms with Gasteiger partial charge in [-0.2, -0.15) is 0 Å². The van der Waals surface area contributed by atoms with Gasteiger partial charge in [-0.3, -0.25) is 14.2 Å². The Morgan fingerprint density at radius 2 is 1.19 bits per heavy atom. The number of ether oxygens (including phenoxy) is 2. The summed E-state index contributed by atoms with van der Waals surface area (Å²) in [5, 5.41) is 20.2. The second-order valence-corrected chi connectivity index (χ2v) is 19.2. The Morgan fingerprint density at radius 3 is 1.76 bits per heavy atom. The minimum Gasteiger partial charge on any atom is -0.756 e. The molecule has 1 heterocycles. The van der Waals surface area contributed by atoms with E-state index in [-0.39, 0.29) is 26.1 Å². The van der Waals surface area contributed by atoms with E-state index in [4.69, 9.17) is 22.9 Å². The predicted molar refractivity (Wildman–Crippen MR) is 251 cm³/mol. The fourth-order valence-corrected chi connectivity index (χ4v) is 7.36. The maximum atomic E-state index is 12.8. The summed E-state index contributed by atoms with van der Waals surface area (Å²) in [4.78, 5) is 37.8. The van der Waals surface area contributed by atoms with Gasteiger partial charge in [0, 0.05) is 25.7 Å². The Balaban J connectivity index is 2.44. The average Bonchev–Trinajstić information content (AvgIpc) is 3.49. The molecule has 0 saturated heterocycles. The van der Waals surface area contributed by atoms with Gasteiger partial charge in [0.25, 0.3) is 7.82 Å². The molecule has 0 spiro atoms. The van der Waals surface area contributed by atoms with Gasteiger partial charge < -0.3 is 42.5 Å². The zero-order valence-electron chi connectivity index (χ0n) is 40.2. The summed E-state index contributed by atoms with van der Waals surface area (Å²) in [6, 6.07) is 0. The fourth-order valence-electron chi connectivity index (χ4n) is 6.63. The van der Waals surface area contributed by atoms with Gasteiger partial charge in [0.15, 0.2) is 6.10 Å². The third kappa shape index (κ3) is 32.5. The van der Waals surface area contributed by atoms with E-state index in [1.165, 1.54) is 30.4 Å². The number of carbonyl (C=O) groups excluding carboxylic acids is 2. The number of hydrogen-bond acceptors (Lipinski definition) is 11. The minimum absolute atomic E-state index is 0.0193. The van der Waals surface area contributed by atoms with E-state index in [2.05, 4.69) is 27.7 Å². The predicted octanol–water partition coefficient (Wildman–Crippen LogP) is 10.4. The van der Waals surface area contributed by atoms with Crippen molar-refractivity contribution in [1.82, 2.24) is 0 Å². The van der Waals surface area contributed by atoms with Crippen LogP contribution in [0.4, 0.5) is 0 Å². The summed E-state index contributed by atoms with van der Waals surface area (Å²) in [6.07, 6.45) is 31.8. The molecule has 0 aliphatic rings. The van der Waals surface area contributed by atoms with Gasteiger partial charge in [-0.1, -0.05) is 133 Å². The number of furan rings is 1. The van der Waals surface area contributed by atoms with Crippen LogP contribution in [0.5, 0.6) is 0 Å². The first-order valence-corrected chi connectivity index (χ1v) is 25.4. The zero-order valence-corrected chi connectivity index (χ0v) is 41.1. The number of carbonyl (C=O) groups is 2. The molecule has 0 saturated carbocycles. The van der Waals surface area contributed by atoms with Crippen LogP contribution in [0.1, 0.15) is 165 Å². The molecule has 0 fully saturated rings. The molecule has 2 N–H and O–H groups in total. The number of likely N-dealkylation sites (N-methyl/N-ethyl adjacent to an activating group) is 1. The SMILES string of the molecule is CCCCCc1oc(CCCCCCCCCCC(=O)O[C@H](COC(=O)CCC[C@@H](O)/C=C/C=C\C/C=C\C=C\[C@@H](O)CCCCC)COP(=O)([O-])OCC[N+](C)(C)C)c(C)c1C. The molecule has 13 heteroatoms. The Morgan fingerprint density at radius 1 is 0.683 bits per heavy atom. The highest BCUT2D eigenvalue weighted by molar-refractivity contribution is 7.45. The summed E-state index contributed by atoms with van der Waals surface area (Å²) >= 11 is 0. The fraction of sp³-hybridized carbons (Fsp3) is 0.720. The normalized spacial score (nSPS) is 14.9. The standard InChI is InChI=1S/C50H86NO11P/c1-8-10-23-30-44(52)31-25-19-15-14-16-20-26-32-45(53)33-29-37-49(54)58-40-46(41-60-63(56,57)59-39-38-51(5,6)7)61-50(55)36-28-22-18-13-12-17-21-27-35-48-43(4)42(3)47(62-48)34-24-11-9-2/h15-16,19-20,25-26,31-32,44-46,52-53H,8-14,17-18,21-24,27-30,33-41H2,1-7H3/b19-15-,20-16-,31-25+,32-26+/t44-,45-,46+/m0/s1. The molecule has 1 aromatic heterocycles. The number of allylic oxidation sites excluding steroid dienone is 6. The molecule has 12 nitrogen and oxygen atoms in total. The lowest BCUT2D eigenvalue weighted by Crippen LogP contribution is -2.37. The molecule has 4 atom stereocenters. The van der Waals surface area contributed by atoms with Crippen molar-refractivity contribution in [2.75, 3.05) is 47.5 Å². The highest BCUT2D eigenvalue weighted by Gasteiger charge is 2.22. The van der Waals surface area contributed by atoms with Crippen LogP contribution in [0.2, 0.25) is 0 Å². The van der Waals surface area contributed by atoms with E-state index < -0.39 is 44.7 Å². The topological polar surface area (TPSA) is 165 Å². The Kier molecular flexibility index (Phi) is 32.7. The second kappa shape index (κ2) is 35.4. The third-order valence-electron chi connectivity index (χ3n) is 10.8. The summed E-state index contributed by atoms with van der Waals surface area (Å²) in [7, 11) is 1.01. The van der Waals surface area contributed by atoms with Crippen LogP contribution in [0.15, 0.2) is 53.0 Å². The summed E-state index contributed by atoms with van der Waals surface area (Å²) < 4.78 is 40.1. The number of unbranched alkanes of at least 4 members (excludes halogenated alkanes) is 11. The van der Waals surface area contributed by atoms with Crippen LogP contribution in [-0.2, 0) is 45.5 Å². The van der Waals surface area contributed by atoms with Crippen LogP contribution < -0.4 is 4.89 Å². The molecule has 0 aliphatic heterocycles. The van der Waals surface area contributed by atoms with E-state index >= 15 is 0 Å². The van der Waals surface area contributed by atoms with Crippen LogP contribution >= 0.6 is 7.82 Å². The van der Waals surface area contributed by atoms with Crippen molar-refractivity contribution in [3.63, 3.8) is 0 Å². The van der Waals surface area contributed by atoms with Gasteiger partial charge >= 0.3 is 11.9 Å². The number of esters is 2. The number of aliphatic hydroxyl groups excluding tert-OH is 2. The first-order valence-electron chi connectivity index (χ1n) is 23.9. The second-order valence-electron chi connectivity index (χ2n) is 17.8. The van der Waals surface area contributed by atoms with Gasteiger partial charge in [-0.05, 0) is 69.9 Å². The van der Waals surface area contributed by atoms with E-state index in [1.54, 1.807) is 18.2 Å². The molecule has 63 heavy (non-hydrogen) atoms. The number of phosphoric ester groups is 1. The van der Waals surface area contributed by atoms with E-state index in [1.807, 2.05) is 51.5 Å².